The lowest BCUT2D eigenvalue weighted by Crippen LogP contribution is -2.35. The molecule has 80 valence electrons. The molecule has 1 unspecified atom stereocenters. The number of nitrogens with one attached hydrogen (secondary N) is 1. The van der Waals surface area contributed by atoms with E-state index in [0.29, 0.717) is 19.6 Å². The van der Waals surface area contributed by atoms with Gasteiger partial charge < -0.3 is 9.84 Å². The fourth-order valence-electron chi connectivity index (χ4n) is 0.671. The highest BCUT2D eigenvalue weighted by atomic mass is 32.2. The molecule has 0 saturated carbocycles. The molecule has 0 spiro atoms. The third-order valence-electron chi connectivity index (χ3n) is 1.62. The molecule has 6 heteroatoms. The summed E-state index contributed by atoms with van der Waals surface area (Å²) in [4.78, 5) is 0. The summed E-state index contributed by atoms with van der Waals surface area (Å²) in [7, 11) is -1.79. The number of ether oxygens (including phenoxy) is 1. The van der Waals surface area contributed by atoms with Crippen LogP contribution in [0.5, 0.6) is 0 Å². The lowest BCUT2D eigenvalue weighted by molar-refractivity contribution is 0.196. The fraction of sp³-hybridized carbons (Fsp3) is 1.00. The van der Waals surface area contributed by atoms with Crippen LogP contribution in [0.15, 0.2) is 0 Å². The van der Waals surface area contributed by atoms with Gasteiger partial charge in [0.05, 0.1) is 11.9 Å². The quantitative estimate of drug-likeness (QED) is 0.547. The lowest BCUT2D eigenvalue weighted by atomic mass is 10.5. The van der Waals surface area contributed by atoms with E-state index in [9.17, 15) is 8.42 Å². The average molecular weight is 211 g/mol. The Morgan fingerprint density at radius 3 is 2.62 bits per heavy atom. The number of methoxy groups -OCH3 is 1. The van der Waals surface area contributed by atoms with Gasteiger partial charge in [0, 0.05) is 20.3 Å². The van der Waals surface area contributed by atoms with Gasteiger partial charge in [0.1, 0.15) is 0 Å². The summed E-state index contributed by atoms with van der Waals surface area (Å²) in [6.07, 6.45) is 0.633. The molecular formula is C7H17NO4S. The molecule has 0 saturated heterocycles. The van der Waals surface area contributed by atoms with Crippen LogP contribution >= 0.6 is 0 Å². The zero-order valence-corrected chi connectivity index (χ0v) is 8.80. The van der Waals surface area contributed by atoms with Crippen LogP contribution < -0.4 is 4.72 Å². The van der Waals surface area contributed by atoms with E-state index in [0.717, 1.165) is 0 Å². The molecule has 0 radical (unpaired) electrons. The van der Waals surface area contributed by atoms with Crippen LogP contribution in [-0.2, 0) is 14.8 Å². The minimum Gasteiger partial charge on any atom is -0.395 e. The minimum atomic E-state index is -3.35. The van der Waals surface area contributed by atoms with Gasteiger partial charge in [-0.15, -0.1) is 0 Å². The highest BCUT2D eigenvalue weighted by Crippen LogP contribution is 1.96. The summed E-state index contributed by atoms with van der Waals surface area (Å²) in [6, 6.07) is 0. The first-order chi connectivity index (χ1) is 6.04. The van der Waals surface area contributed by atoms with Crippen molar-refractivity contribution in [3.63, 3.8) is 0 Å². The van der Waals surface area contributed by atoms with Gasteiger partial charge in [0.2, 0.25) is 10.0 Å². The molecule has 0 aromatic heterocycles. The molecule has 0 aliphatic heterocycles. The van der Waals surface area contributed by atoms with E-state index in [4.69, 9.17) is 9.84 Å². The van der Waals surface area contributed by atoms with E-state index in [1.807, 2.05) is 0 Å². The number of rotatable bonds is 7. The maximum atomic E-state index is 11.2. The van der Waals surface area contributed by atoms with Crippen molar-refractivity contribution < 1.29 is 18.3 Å². The van der Waals surface area contributed by atoms with E-state index >= 15 is 0 Å². The largest absolute Gasteiger partial charge is 0.395 e. The number of aliphatic hydroxyl groups is 1. The van der Waals surface area contributed by atoms with Crippen molar-refractivity contribution in [2.75, 3.05) is 26.9 Å². The Labute approximate surface area is 79.1 Å². The molecule has 1 atom stereocenters. The van der Waals surface area contributed by atoms with Gasteiger partial charge in [-0.2, -0.15) is 0 Å². The van der Waals surface area contributed by atoms with Crippen molar-refractivity contribution in [3.05, 3.63) is 0 Å². The Hall–Kier alpha value is -0.170. The molecule has 0 bridgehead atoms. The zero-order chi connectivity index (χ0) is 10.3. The molecule has 13 heavy (non-hydrogen) atoms. The Balaban J connectivity index is 3.77. The standard InChI is InChI=1S/C7H17NO4S/c1-7(6-9)13(10,11)8-4-3-5-12-2/h7-9H,3-6H2,1-2H3. The maximum absolute atomic E-state index is 11.2. The van der Waals surface area contributed by atoms with Crippen LogP contribution in [0.2, 0.25) is 0 Å². The third-order valence-corrected chi connectivity index (χ3v) is 3.43. The number of aliphatic hydroxyl groups excluding tert-OH is 1. The Morgan fingerprint density at radius 2 is 2.15 bits per heavy atom. The van der Waals surface area contributed by atoms with E-state index in [-0.39, 0.29) is 6.61 Å². The summed E-state index contributed by atoms with van der Waals surface area (Å²) in [5.41, 5.74) is 0. The van der Waals surface area contributed by atoms with E-state index in [1.54, 1.807) is 7.11 Å². The summed E-state index contributed by atoms with van der Waals surface area (Å²) in [6.45, 7) is 1.97. The van der Waals surface area contributed by atoms with Gasteiger partial charge >= 0.3 is 0 Å². The first kappa shape index (κ1) is 12.8. The fourth-order valence-corrected chi connectivity index (χ4v) is 1.58. The van der Waals surface area contributed by atoms with Crippen molar-refractivity contribution in [1.29, 1.82) is 0 Å². The zero-order valence-electron chi connectivity index (χ0n) is 7.99. The van der Waals surface area contributed by atoms with Gasteiger partial charge in [-0.3, -0.25) is 0 Å². The number of hydrogen-bond acceptors (Lipinski definition) is 4. The second-order valence-corrected chi connectivity index (χ2v) is 4.96. The Kier molecular flexibility index (Phi) is 6.23. The Morgan fingerprint density at radius 1 is 1.54 bits per heavy atom. The summed E-state index contributed by atoms with van der Waals surface area (Å²) >= 11 is 0. The topological polar surface area (TPSA) is 75.6 Å². The van der Waals surface area contributed by atoms with Crippen molar-refractivity contribution >= 4 is 10.0 Å². The molecule has 0 aliphatic rings. The molecule has 0 amide bonds. The summed E-state index contributed by atoms with van der Waals surface area (Å²) < 4.78 is 29.6. The second kappa shape index (κ2) is 6.31. The van der Waals surface area contributed by atoms with E-state index in [1.165, 1.54) is 6.92 Å². The van der Waals surface area contributed by atoms with Gasteiger partial charge in [0.25, 0.3) is 0 Å². The van der Waals surface area contributed by atoms with E-state index < -0.39 is 15.3 Å². The van der Waals surface area contributed by atoms with Crippen molar-refractivity contribution in [2.45, 2.75) is 18.6 Å². The summed E-state index contributed by atoms with van der Waals surface area (Å²) in [5.74, 6) is 0. The van der Waals surface area contributed by atoms with Crippen LogP contribution in [-0.4, -0.2) is 45.6 Å². The monoisotopic (exact) mass is 211 g/mol. The lowest BCUT2D eigenvalue weighted by Gasteiger charge is -2.10. The van der Waals surface area contributed by atoms with Crippen LogP contribution in [0.25, 0.3) is 0 Å². The van der Waals surface area contributed by atoms with Crippen molar-refractivity contribution in [3.8, 4) is 0 Å². The summed E-state index contributed by atoms with van der Waals surface area (Å²) in [5, 5.41) is 7.87. The van der Waals surface area contributed by atoms with Crippen molar-refractivity contribution in [1.82, 2.24) is 4.72 Å². The van der Waals surface area contributed by atoms with Crippen molar-refractivity contribution in [2.24, 2.45) is 0 Å². The molecule has 2 N–H and O–H groups in total. The molecule has 0 fully saturated rings. The first-order valence-electron chi connectivity index (χ1n) is 4.13. The smallest absolute Gasteiger partial charge is 0.216 e. The van der Waals surface area contributed by atoms with Gasteiger partial charge in [-0.1, -0.05) is 0 Å². The van der Waals surface area contributed by atoms with Gasteiger partial charge in [-0.05, 0) is 13.3 Å². The minimum absolute atomic E-state index is 0.348. The maximum Gasteiger partial charge on any atom is 0.216 e. The first-order valence-corrected chi connectivity index (χ1v) is 5.67. The van der Waals surface area contributed by atoms with Gasteiger partial charge in [0.15, 0.2) is 0 Å². The molecule has 0 heterocycles. The number of sulfonamides is 1. The third kappa shape index (κ3) is 5.20. The molecule has 0 aromatic carbocycles. The highest BCUT2D eigenvalue weighted by Gasteiger charge is 2.18. The van der Waals surface area contributed by atoms with Crippen LogP contribution in [0, 0.1) is 0 Å². The molecule has 0 aromatic rings. The molecule has 0 rings (SSSR count). The van der Waals surface area contributed by atoms with Crippen LogP contribution in [0.3, 0.4) is 0 Å². The van der Waals surface area contributed by atoms with E-state index in [2.05, 4.69) is 4.72 Å². The predicted octanol–water partition coefficient (Wildman–Crippen LogP) is -0.677. The van der Waals surface area contributed by atoms with Crippen LogP contribution in [0.4, 0.5) is 0 Å². The highest BCUT2D eigenvalue weighted by molar-refractivity contribution is 7.90. The number of hydrogen-bond donors (Lipinski definition) is 2. The van der Waals surface area contributed by atoms with Gasteiger partial charge in [-0.25, -0.2) is 13.1 Å². The normalized spacial score (nSPS) is 14.4. The SMILES string of the molecule is COCCCNS(=O)(=O)C(C)CO. The molecule has 5 nitrogen and oxygen atoms in total. The second-order valence-electron chi connectivity index (χ2n) is 2.78. The predicted molar refractivity (Wildman–Crippen MR) is 50.0 cm³/mol. The molecule has 0 aliphatic carbocycles. The molecular weight excluding hydrogens is 194 g/mol. The average Bonchev–Trinajstić information content (AvgIpc) is 2.11. The Bertz CT molecular complexity index is 215. The van der Waals surface area contributed by atoms with Crippen LogP contribution in [0.1, 0.15) is 13.3 Å².